The highest BCUT2D eigenvalue weighted by molar-refractivity contribution is 6.34. The van der Waals surface area contributed by atoms with Gasteiger partial charge in [0.25, 0.3) is 5.91 Å². The van der Waals surface area contributed by atoms with Gasteiger partial charge < -0.3 is 15.0 Å². The third kappa shape index (κ3) is 5.34. The normalized spacial score (nSPS) is 18.4. The average molecular weight is 526 g/mol. The second-order valence-electron chi connectivity index (χ2n) is 9.95. The molecule has 1 spiro atoms. The third-order valence-corrected chi connectivity index (χ3v) is 7.93. The zero-order valence-electron chi connectivity index (χ0n) is 21.2. The molecule has 0 unspecified atom stereocenters. The number of likely N-dealkylation sites (tertiary alicyclic amines) is 1. The van der Waals surface area contributed by atoms with E-state index in [1.54, 1.807) is 21.3 Å². The van der Waals surface area contributed by atoms with Crippen LogP contribution in [-0.2, 0) is 31.2 Å². The summed E-state index contributed by atoms with van der Waals surface area (Å²) in [5, 5.41) is 16.5. The number of nitrogens with one attached hydrogen (secondary N) is 1. The molecule has 11 heteroatoms. The molecule has 5 heterocycles. The van der Waals surface area contributed by atoms with Gasteiger partial charge in [-0.15, -0.1) is 5.10 Å². The molecule has 0 aliphatic carbocycles. The highest BCUT2D eigenvalue weighted by Gasteiger charge is 2.43. The van der Waals surface area contributed by atoms with Gasteiger partial charge in [-0.1, -0.05) is 28.9 Å². The molecule has 37 heavy (non-hydrogen) atoms. The van der Waals surface area contributed by atoms with Gasteiger partial charge in [-0.05, 0) is 43.9 Å². The molecule has 2 aromatic heterocycles. The van der Waals surface area contributed by atoms with Crippen molar-refractivity contribution in [2.24, 2.45) is 12.5 Å². The van der Waals surface area contributed by atoms with Crippen molar-refractivity contribution in [1.82, 2.24) is 35.0 Å². The lowest BCUT2D eigenvalue weighted by Crippen LogP contribution is -2.51. The number of hydrogen-bond acceptors (Lipinski definition) is 6. The largest absolute Gasteiger partial charge is 0.494 e. The molecular formula is C26H32ClN7O3. The quantitative estimate of drug-likeness (QED) is 0.523. The van der Waals surface area contributed by atoms with Gasteiger partial charge in [-0.3, -0.25) is 19.0 Å². The third-order valence-electron chi connectivity index (χ3n) is 7.48. The van der Waals surface area contributed by atoms with Gasteiger partial charge in [0, 0.05) is 52.3 Å². The number of amides is 2. The Morgan fingerprint density at radius 3 is 2.62 bits per heavy atom. The number of hydrogen-bond donors (Lipinski definition) is 1. The van der Waals surface area contributed by atoms with Gasteiger partial charge in [0.1, 0.15) is 5.75 Å². The van der Waals surface area contributed by atoms with E-state index in [0.717, 1.165) is 35.5 Å². The number of aryl methyl sites for hydroxylation is 2. The number of halogens is 1. The number of nitrogens with zero attached hydrogens (tertiary/aromatic N) is 6. The summed E-state index contributed by atoms with van der Waals surface area (Å²) in [6.45, 7) is 4.49. The van der Waals surface area contributed by atoms with Crippen LogP contribution in [0.1, 0.15) is 46.7 Å². The summed E-state index contributed by atoms with van der Waals surface area (Å²) in [5.74, 6) is 0.619. The fourth-order valence-electron chi connectivity index (χ4n) is 5.04. The van der Waals surface area contributed by atoms with Crippen LogP contribution in [-0.4, -0.2) is 67.7 Å². The van der Waals surface area contributed by atoms with E-state index in [1.165, 1.54) is 0 Å². The van der Waals surface area contributed by atoms with Gasteiger partial charge in [0.05, 0.1) is 28.4 Å². The minimum absolute atomic E-state index is 0.00914. The van der Waals surface area contributed by atoms with Crippen molar-refractivity contribution in [3.63, 3.8) is 0 Å². The minimum Gasteiger partial charge on any atom is -0.494 e. The molecule has 3 aromatic rings. The minimum atomic E-state index is -0.678. The van der Waals surface area contributed by atoms with Gasteiger partial charge in [-0.2, -0.15) is 5.10 Å². The highest BCUT2D eigenvalue weighted by atomic mass is 35.5. The van der Waals surface area contributed by atoms with Crippen LogP contribution in [0.25, 0.3) is 0 Å². The average Bonchev–Trinajstić information content (AvgIpc) is 3.45. The Morgan fingerprint density at radius 1 is 1.16 bits per heavy atom. The Balaban J connectivity index is 1.34. The predicted octanol–water partition coefficient (Wildman–Crippen LogP) is 2.58. The van der Waals surface area contributed by atoms with Gasteiger partial charge in [0.15, 0.2) is 5.69 Å². The second-order valence-corrected chi connectivity index (χ2v) is 10.3. The van der Waals surface area contributed by atoms with E-state index in [4.69, 9.17) is 16.3 Å². The number of ether oxygens (including phenoxy) is 1. The first kappa shape index (κ1) is 25.3. The lowest BCUT2D eigenvalue weighted by Gasteiger charge is -2.40. The van der Waals surface area contributed by atoms with Crippen LogP contribution in [0.5, 0.6) is 5.75 Å². The molecule has 3 aliphatic rings. The number of fused-ring (bicyclic) bond motifs is 8. The van der Waals surface area contributed by atoms with E-state index in [-0.39, 0.29) is 17.5 Å². The lowest BCUT2D eigenvalue weighted by atomic mass is 9.74. The van der Waals surface area contributed by atoms with Crippen molar-refractivity contribution in [3.8, 4) is 5.75 Å². The topological polar surface area (TPSA) is 107 Å². The number of carbonyl (C=O) groups is 2. The van der Waals surface area contributed by atoms with E-state index < -0.39 is 5.41 Å². The monoisotopic (exact) mass is 525 g/mol. The number of benzene rings is 1. The summed E-state index contributed by atoms with van der Waals surface area (Å²) in [6.07, 6.45) is 4.93. The van der Waals surface area contributed by atoms with Crippen LogP contribution in [0.4, 0.5) is 0 Å². The van der Waals surface area contributed by atoms with E-state index >= 15 is 0 Å². The zero-order chi connectivity index (χ0) is 26.0. The molecule has 0 atom stereocenters. The van der Waals surface area contributed by atoms with Crippen molar-refractivity contribution in [1.29, 1.82) is 0 Å². The van der Waals surface area contributed by atoms with Crippen molar-refractivity contribution >= 4 is 23.4 Å². The summed E-state index contributed by atoms with van der Waals surface area (Å²) in [4.78, 5) is 28.6. The molecule has 10 nitrogen and oxygen atoms in total. The molecule has 3 aliphatic heterocycles. The fourth-order valence-corrected chi connectivity index (χ4v) is 5.28. The maximum absolute atomic E-state index is 13.6. The van der Waals surface area contributed by atoms with Crippen LogP contribution >= 0.6 is 11.6 Å². The van der Waals surface area contributed by atoms with E-state index in [2.05, 4.69) is 20.7 Å². The van der Waals surface area contributed by atoms with Gasteiger partial charge in [0.2, 0.25) is 5.91 Å². The van der Waals surface area contributed by atoms with E-state index in [9.17, 15) is 9.59 Å². The standard InChI is InChI=1S/C26H32ClN7O3/c1-18-22(27)23(30-32(18)2)24(35)33-13-9-26(10-14-33)16-20-17-34(31-29-20)12-3-15-37-21-6-4-19(5-7-21)8-11-28-25(26)36/h4-7,17H,3,8-16H2,1-2H3,(H,28,36). The molecular weight excluding hydrogens is 494 g/mol. The maximum atomic E-state index is 13.6. The molecule has 6 rings (SSSR count). The van der Waals surface area contributed by atoms with Crippen molar-refractivity contribution in [2.45, 2.75) is 45.6 Å². The number of piperidine rings is 1. The smallest absolute Gasteiger partial charge is 0.275 e. The molecule has 1 fully saturated rings. The van der Waals surface area contributed by atoms with Crippen LogP contribution in [0.15, 0.2) is 30.5 Å². The summed E-state index contributed by atoms with van der Waals surface area (Å²) in [6, 6.07) is 8.00. The Bertz CT molecular complexity index is 1280. The SMILES string of the molecule is Cc1c(Cl)c(C(=O)N2CCC3(CC2)Cc2cn(nn2)CCCOc2ccc(cc2)CCNC3=O)nn1C. The van der Waals surface area contributed by atoms with E-state index in [0.29, 0.717) is 57.1 Å². The number of aromatic nitrogens is 5. The Morgan fingerprint density at radius 2 is 1.92 bits per heavy atom. The summed E-state index contributed by atoms with van der Waals surface area (Å²) in [7, 11) is 1.77. The summed E-state index contributed by atoms with van der Waals surface area (Å²) >= 11 is 6.37. The van der Waals surface area contributed by atoms with Crippen LogP contribution in [0.2, 0.25) is 5.02 Å². The van der Waals surface area contributed by atoms with Gasteiger partial charge >= 0.3 is 0 Å². The Kier molecular flexibility index (Phi) is 7.19. The number of carbonyl (C=O) groups excluding carboxylic acids is 2. The van der Waals surface area contributed by atoms with Crippen molar-refractivity contribution < 1.29 is 14.3 Å². The molecule has 196 valence electrons. The number of rotatable bonds is 1. The van der Waals surface area contributed by atoms with Crippen LogP contribution in [0, 0.1) is 12.3 Å². The first-order valence-corrected chi connectivity index (χ1v) is 13.1. The molecule has 1 N–H and O–H groups in total. The van der Waals surface area contributed by atoms with E-state index in [1.807, 2.05) is 37.4 Å². The highest BCUT2D eigenvalue weighted by Crippen LogP contribution is 2.36. The molecule has 0 saturated carbocycles. The zero-order valence-corrected chi connectivity index (χ0v) is 22.0. The van der Waals surface area contributed by atoms with Gasteiger partial charge in [-0.25, -0.2) is 0 Å². The Hall–Kier alpha value is -3.40. The molecule has 1 aromatic carbocycles. The van der Waals surface area contributed by atoms with Crippen molar-refractivity contribution in [2.75, 3.05) is 26.2 Å². The summed E-state index contributed by atoms with van der Waals surface area (Å²) in [5.41, 5.74) is 2.23. The first-order valence-electron chi connectivity index (χ1n) is 12.7. The maximum Gasteiger partial charge on any atom is 0.275 e. The summed E-state index contributed by atoms with van der Waals surface area (Å²) < 4.78 is 9.25. The molecule has 2 amide bonds. The molecule has 4 bridgehead atoms. The van der Waals surface area contributed by atoms with Crippen LogP contribution < -0.4 is 10.1 Å². The second kappa shape index (κ2) is 10.5. The lowest BCUT2D eigenvalue weighted by molar-refractivity contribution is -0.133. The van der Waals surface area contributed by atoms with Crippen LogP contribution in [0.3, 0.4) is 0 Å². The van der Waals surface area contributed by atoms with Crippen molar-refractivity contribution in [3.05, 3.63) is 58.1 Å². The predicted molar refractivity (Wildman–Crippen MR) is 138 cm³/mol. The fraction of sp³-hybridized carbons (Fsp3) is 0.500. The first-order chi connectivity index (χ1) is 17.8. The Labute approximate surface area is 220 Å². The molecule has 0 radical (unpaired) electrons. The molecule has 1 saturated heterocycles.